The van der Waals surface area contributed by atoms with Crippen LogP contribution >= 0.6 is 0 Å². The van der Waals surface area contributed by atoms with Crippen molar-refractivity contribution in [2.75, 3.05) is 18.0 Å². The normalized spacial score (nSPS) is 29.1. The van der Waals surface area contributed by atoms with E-state index in [-0.39, 0.29) is 6.17 Å². The Hall–Kier alpha value is -1.32. The first-order valence-electron chi connectivity index (χ1n) is 6.58. The molecule has 3 nitrogen and oxygen atoms in total. The Morgan fingerprint density at radius 1 is 1.50 bits per heavy atom. The number of hydrogen-bond donors (Lipinski definition) is 2. The van der Waals surface area contributed by atoms with Crippen molar-refractivity contribution >= 4 is 5.69 Å². The number of nitrogens with one attached hydrogen (secondary N) is 1. The van der Waals surface area contributed by atoms with Crippen molar-refractivity contribution in [2.24, 2.45) is 0 Å². The molecule has 0 aromatic heterocycles. The summed E-state index contributed by atoms with van der Waals surface area (Å²) in [6.45, 7) is 5.94. The Kier molecular flexibility index (Phi) is 2.68. The number of allylic oxidation sites excluding steroid dienone is 1. The number of aliphatic hydroxyl groups is 1. The summed E-state index contributed by atoms with van der Waals surface area (Å²) in [4.78, 5) is 2.27. The number of hydrogen-bond acceptors (Lipinski definition) is 3. The van der Waals surface area contributed by atoms with Crippen molar-refractivity contribution in [1.29, 1.82) is 0 Å². The first kappa shape index (κ1) is 11.8. The fraction of sp³-hybridized carbons (Fsp3) is 0.467. The zero-order valence-corrected chi connectivity index (χ0v) is 11.0. The van der Waals surface area contributed by atoms with Gasteiger partial charge in [0.2, 0.25) is 0 Å². The Balaban J connectivity index is 2.02. The van der Waals surface area contributed by atoms with Gasteiger partial charge < -0.3 is 10.0 Å². The predicted molar refractivity (Wildman–Crippen MR) is 73.5 cm³/mol. The molecule has 0 bridgehead atoms. The largest absolute Gasteiger partial charge is 0.381 e. The predicted octanol–water partition coefficient (Wildman–Crippen LogP) is 1.98. The monoisotopic (exact) mass is 244 g/mol. The van der Waals surface area contributed by atoms with E-state index in [4.69, 9.17) is 0 Å². The third kappa shape index (κ3) is 1.58. The third-order valence-electron chi connectivity index (χ3n) is 3.98. The van der Waals surface area contributed by atoms with Gasteiger partial charge >= 0.3 is 0 Å². The summed E-state index contributed by atoms with van der Waals surface area (Å²) in [5.41, 5.74) is 2.82. The molecule has 18 heavy (non-hydrogen) atoms. The van der Waals surface area contributed by atoms with E-state index >= 15 is 0 Å². The average Bonchev–Trinajstić information content (AvgIpc) is 2.82. The number of benzene rings is 1. The third-order valence-corrected chi connectivity index (χ3v) is 3.98. The van der Waals surface area contributed by atoms with E-state index in [1.54, 1.807) is 0 Å². The van der Waals surface area contributed by atoms with Crippen molar-refractivity contribution < 1.29 is 5.11 Å². The zero-order chi connectivity index (χ0) is 12.8. The molecule has 0 radical (unpaired) electrons. The van der Waals surface area contributed by atoms with Crippen LogP contribution in [0.4, 0.5) is 5.69 Å². The van der Waals surface area contributed by atoms with Crippen LogP contribution < -0.4 is 10.2 Å². The van der Waals surface area contributed by atoms with Crippen LogP contribution in [0.5, 0.6) is 0 Å². The molecule has 0 saturated carbocycles. The second-order valence-corrected chi connectivity index (χ2v) is 5.48. The number of anilines is 1. The molecule has 2 aliphatic heterocycles. The summed E-state index contributed by atoms with van der Waals surface area (Å²) in [6.07, 6.45) is 3.02. The van der Waals surface area contributed by atoms with Gasteiger partial charge in [-0.15, -0.1) is 0 Å². The molecule has 0 unspecified atom stereocenters. The molecule has 1 aromatic rings. The van der Waals surface area contributed by atoms with Crippen molar-refractivity contribution in [3.05, 3.63) is 41.5 Å². The molecule has 3 heteroatoms. The highest BCUT2D eigenvalue weighted by atomic mass is 16.3. The van der Waals surface area contributed by atoms with E-state index in [0.29, 0.717) is 0 Å². The fourth-order valence-electron chi connectivity index (χ4n) is 3.07. The molecule has 0 spiro atoms. The number of fused-ring (bicyclic) bond motifs is 3. The van der Waals surface area contributed by atoms with Crippen molar-refractivity contribution in [2.45, 2.75) is 32.0 Å². The zero-order valence-electron chi connectivity index (χ0n) is 11.0. The summed E-state index contributed by atoms with van der Waals surface area (Å²) >= 11 is 0. The summed E-state index contributed by atoms with van der Waals surface area (Å²) in [7, 11) is 0. The maximum atomic E-state index is 10.9. The minimum Gasteiger partial charge on any atom is -0.381 e. The molecule has 2 atom stereocenters. The first-order chi connectivity index (χ1) is 8.63. The molecule has 3 rings (SSSR count). The summed E-state index contributed by atoms with van der Waals surface area (Å²) in [5.74, 6) is 0. The molecular formula is C15H20N2O. The van der Waals surface area contributed by atoms with Gasteiger partial charge in [0.25, 0.3) is 0 Å². The molecule has 2 heterocycles. The van der Waals surface area contributed by atoms with E-state index in [9.17, 15) is 5.11 Å². The summed E-state index contributed by atoms with van der Waals surface area (Å²) in [5, 5.41) is 14.3. The molecule has 1 saturated heterocycles. The van der Waals surface area contributed by atoms with Gasteiger partial charge in [-0.1, -0.05) is 29.8 Å². The van der Waals surface area contributed by atoms with E-state index in [1.807, 2.05) is 12.1 Å². The van der Waals surface area contributed by atoms with Crippen molar-refractivity contribution in [3.63, 3.8) is 0 Å². The van der Waals surface area contributed by atoms with E-state index < -0.39 is 5.60 Å². The Bertz CT molecular complexity index is 493. The first-order valence-corrected chi connectivity index (χ1v) is 6.58. The molecule has 96 valence electrons. The average molecular weight is 244 g/mol. The minimum absolute atomic E-state index is 0.0190. The minimum atomic E-state index is -0.716. The lowest BCUT2D eigenvalue weighted by molar-refractivity contribution is 0.0345. The van der Waals surface area contributed by atoms with Crippen molar-refractivity contribution in [1.82, 2.24) is 5.32 Å². The van der Waals surface area contributed by atoms with Crippen LogP contribution in [-0.2, 0) is 5.60 Å². The van der Waals surface area contributed by atoms with Gasteiger partial charge in [0.15, 0.2) is 0 Å². The Morgan fingerprint density at radius 2 is 2.28 bits per heavy atom. The lowest BCUT2D eigenvalue weighted by Gasteiger charge is -2.29. The SMILES string of the molecule is CC(C)=CCN1c2ccccc2[C@@]2(O)CCN[C@@H]12. The van der Waals surface area contributed by atoms with Crippen LogP contribution in [0.2, 0.25) is 0 Å². The summed E-state index contributed by atoms with van der Waals surface area (Å²) < 4.78 is 0. The van der Waals surface area contributed by atoms with Crippen LogP contribution in [0.15, 0.2) is 35.9 Å². The van der Waals surface area contributed by atoms with Crippen LogP contribution in [0.3, 0.4) is 0 Å². The maximum absolute atomic E-state index is 10.9. The second-order valence-electron chi connectivity index (χ2n) is 5.48. The number of para-hydroxylation sites is 1. The van der Waals surface area contributed by atoms with Crippen LogP contribution in [-0.4, -0.2) is 24.4 Å². The molecule has 0 aliphatic carbocycles. The fourth-order valence-corrected chi connectivity index (χ4v) is 3.07. The number of nitrogens with zero attached hydrogens (tertiary/aromatic N) is 1. The standard InChI is InChI=1S/C15H20N2O/c1-11(2)7-10-17-13-6-4-3-5-12(13)15(18)8-9-16-14(15)17/h3-7,14,16,18H,8-10H2,1-2H3/t14-,15-/m0/s1. The van der Waals surface area contributed by atoms with Crippen LogP contribution in [0.1, 0.15) is 25.8 Å². The molecule has 0 amide bonds. The smallest absolute Gasteiger partial charge is 0.126 e. The van der Waals surface area contributed by atoms with Crippen LogP contribution in [0, 0.1) is 0 Å². The van der Waals surface area contributed by atoms with Gasteiger partial charge in [0.1, 0.15) is 11.8 Å². The lowest BCUT2D eigenvalue weighted by Crippen LogP contribution is -2.47. The Labute approximate surface area is 108 Å². The van der Waals surface area contributed by atoms with E-state index in [0.717, 1.165) is 30.8 Å². The van der Waals surface area contributed by atoms with E-state index in [2.05, 4.69) is 42.3 Å². The van der Waals surface area contributed by atoms with Gasteiger partial charge in [-0.2, -0.15) is 0 Å². The maximum Gasteiger partial charge on any atom is 0.126 e. The topological polar surface area (TPSA) is 35.5 Å². The Morgan fingerprint density at radius 3 is 3.06 bits per heavy atom. The molecule has 2 N–H and O–H groups in total. The highest BCUT2D eigenvalue weighted by Crippen LogP contribution is 2.46. The number of rotatable bonds is 2. The molecular weight excluding hydrogens is 224 g/mol. The van der Waals surface area contributed by atoms with Crippen LogP contribution in [0.25, 0.3) is 0 Å². The van der Waals surface area contributed by atoms with Crippen molar-refractivity contribution in [3.8, 4) is 0 Å². The summed E-state index contributed by atoms with van der Waals surface area (Å²) in [6, 6.07) is 8.21. The molecule has 2 aliphatic rings. The molecule has 1 fully saturated rings. The van der Waals surface area contributed by atoms with Gasteiger partial charge in [-0.05, 0) is 26.3 Å². The van der Waals surface area contributed by atoms with E-state index in [1.165, 1.54) is 5.57 Å². The highest BCUT2D eigenvalue weighted by molar-refractivity contribution is 5.64. The highest BCUT2D eigenvalue weighted by Gasteiger charge is 2.52. The second kappa shape index (κ2) is 4.11. The van der Waals surface area contributed by atoms with Gasteiger partial charge in [0.05, 0.1) is 0 Å². The van der Waals surface area contributed by atoms with Gasteiger partial charge in [0, 0.05) is 24.3 Å². The van der Waals surface area contributed by atoms with Gasteiger partial charge in [-0.25, -0.2) is 0 Å². The quantitative estimate of drug-likeness (QED) is 0.781. The van der Waals surface area contributed by atoms with Gasteiger partial charge in [-0.3, -0.25) is 5.32 Å². The lowest BCUT2D eigenvalue weighted by atomic mass is 9.93. The molecule has 1 aromatic carbocycles.